The molecule has 0 N–H and O–H groups in total. The molecule has 0 aliphatic carbocycles. The van der Waals surface area contributed by atoms with Gasteiger partial charge in [0.05, 0.1) is 7.11 Å². The third-order valence-electron chi connectivity index (χ3n) is 2.16. The molecule has 1 aromatic heterocycles. The van der Waals surface area contributed by atoms with Crippen LogP contribution in [0.3, 0.4) is 0 Å². The number of esters is 1. The Bertz CT molecular complexity index is 528. The van der Waals surface area contributed by atoms with Crippen molar-refractivity contribution in [1.82, 2.24) is 0 Å². The van der Waals surface area contributed by atoms with Crippen LogP contribution in [0.25, 0.3) is 11.0 Å². The van der Waals surface area contributed by atoms with E-state index in [0.29, 0.717) is 11.1 Å². The number of benzene rings is 1. The Morgan fingerprint density at radius 2 is 2.20 bits per heavy atom. The number of halogens is 1. The minimum Gasteiger partial charge on any atom is -0.465 e. The molecule has 4 heteroatoms. The predicted molar refractivity (Wildman–Crippen MR) is 60.0 cm³/mol. The third-order valence-corrected chi connectivity index (χ3v) is 2.85. The molecule has 0 aliphatic rings. The summed E-state index contributed by atoms with van der Waals surface area (Å²) >= 11 is 3.40. The van der Waals surface area contributed by atoms with Crippen molar-refractivity contribution in [2.24, 2.45) is 0 Å². The van der Waals surface area contributed by atoms with Gasteiger partial charge in [0.15, 0.2) is 0 Å². The molecular weight excluding hydrogens is 260 g/mol. The van der Waals surface area contributed by atoms with Crippen LogP contribution < -0.4 is 0 Å². The first-order chi connectivity index (χ1) is 7.13. The molecule has 0 saturated heterocycles. The lowest BCUT2D eigenvalue weighted by atomic mass is 10.1. The minimum atomic E-state index is -0.387. The van der Waals surface area contributed by atoms with Gasteiger partial charge in [0.1, 0.15) is 16.9 Å². The van der Waals surface area contributed by atoms with Gasteiger partial charge in [-0.3, -0.25) is 0 Å². The van der Waals surface area contributed by atoms with Gasteiger partial charge in [-0.25, -0.2) is 4.79 Å². The van der Waals surface area contributed by atoms with Crippen LogP contribution in [-0.2, 0) is 4.74 Å². The van der Waals surface area contributed by atoms with Crippen LogP contribution in [0.5, 0.6) is 0 Å². The molecule has 3 nitrogen and oxygen atoms in total. The number of rotatable bonds is 1. The van der Waals surface area contributed by atoms with E-state index < -0.39 is 0 Å². The molecule has 0 radical (unpaired) electrons. The molecular formula is C11H9BrO3. The molecule has 1 heterocycles. The van der Waals surface area contributed by atoms with Crippen molar-refractivity contribution >= 4 is 32.9 Å². The maximum absolute atomic E-state index is 11.5. The van der Waals surface area contributed by atoms with Crippen molar-refractivity contribution < 1.29 is 13.9 Å². The summed E-state index contributed by atoms with van der Waals surface area (Å²) in [6.07, 6.45) is 0. The molecule has 0 aliphatic heterocycles. The molecule has 2 aromatic rings. The summed E-state index contributed by atoms with van der Waals surface area (Å²) in [5.74, 6) is 0.379. The lowest BCUT2D eigenvalue weighted by Gasteiger charge is -2.00. The third kappa shape index (κ3) is 1.65. The number of hydrogen-bond acceptors (Lipinski definition) is 3. The van der Waals surface area contributed by atoms with Crippen LogP contribution in [0.15, 0.2) is 27.1 Å². The molecule has 0 fully saturated rings. The van der Waals surface area contributed by atoms with Gasteiger partial charge in [0, 0.05) is 9.86 Å². The zero-order chi connectivity index (χ0) is 11.0. The number of aryl methyl sites for hydroxylation is 1. The highest BCUT2D eigenvalue weighted by molar-refractivity contribution is 9.10. The van der Waals surface area contributed by atoms with Crippen LogP contribution in [0.1, 0.15) is 16.1 Å². The second kappa shape index (κ2) is 3.70. The van der Waals surface area contributed by atoms with Gasteiger partial charge in [-0.05, 0) is 25.1 Å². The zero-order valence-corrected chi connectivity index (χ0v) is 9.92. The molecule has 0 unspecified atom stereocenters. The molecule has 2 rings (SSSR count). The van der Waals surface area contributed by atoms with Crippen molar-refractivity contribution in [3.63, 3.8) is 0 Å². The monoisotopic (exact) mass is 268 g/mol. The Balaban J connectivity index is 2.76. The Morgan fingerprint density at radius 1 is 1.47 bits per heavy atom. The van der Waals surface area contributed by atoms with E-state index in [1.807, 2.05) is 19.1 Å². The van der Waals surface area contributed by atoms with Gasteiger partial charge < -0.3 is 9.15 Å². The van der Waals surface area contributed by atoms with E-state index >= 15 is 0 Å². The Kier molecular flexibility index (Phi) is 2.52. The van der Waals surface area contributed by atoms with Crippen molar-refractivity contribution in [2.45, 2.75) is 6.92 Å². The number of methoxy groups -OCH3 is 1. The summed E-state index contributed by atoms with van der Waals surface area (Å²) in [6.45, 7) is 1.84. The molecule has 0 saturated carbocycles. The molecule has 0 bridgehead atoms. The predicted octanol–water partition coefficient (Wildman–Crippen LogP) is 3.29. The topological polar surface area (TPSA) is 39.4 Å². The number of fused-ring (bicyclic) bond motifs is 1. The average molecular weight is 269 g/mol. The van der Waals surface area contributed by atoms with Gasteiger partial charge in [0.2, 0.25) is 0 Å². The van der Waals surface area contributed by atoms with E-state index in [1.165, 1.54) is 7.11 Å². The van der Waals surface area contributed by atoms with Crippen molar-refractivity contribution in [2.75, 3.05) is 7.11 Å². The largest absolute Gasteiger partial charge is 0.465 e. The summed E-state index contributed by atoms with van der Waals surface area (Å²) in [4.78, 5) is 11.5. The summed E-state index contributed by atoms with van der Waals surface area (Å²) < 4.78 is 11.1. The first-order valence-corrected chi connectivity index (χ1v) is 5.19. The summed E-state index contributed by atoms with van der Waals surface area (Å²) in [7, 11) is 1.35. The maximum atomic E-state index is 11.5. The smallest absolute Gasteiger partial charge is 0.341 e. The Labute approximate surface area is 95.1 Å². The van der Waals surface area contributed by atoms with E-state index in [4.69, 9.17) is 4.42 Å². The highest BCUT2D eigenvalue weighted by atomic mass is 79.9. The zero-order valence-electron chi connectivity index (χ0n) is 8.33. The number of hydrogen-bond donors (Lipinski definition) is 0. The van der Waals surface area contributed by atoms with E-state index in [1.54, 1.807) is 6.07 Å². The van der Waals surface area contributed by atoms with Gasteiger partial charge in [-0.1, -0.05) is 15.9 Å². The minimum absolute atomic E-state index is 0.387. The normalized spacial score (nSPS) is 10.6. The van der Waals surface area contributed by atoms with Gasteiger partial charge in [-0.15, -0.1) is 0 Å². The van der Waals surface area contributed by atoms with E-state index in [-0.39, 0.29) is 5.97 Å². The fourth-order valence-corrected chi connectivity index (χ4v) is 1.91. The molecule has 15 heavy (non-hydrogen) atoms. The summed E-state index contributed by atoms with van der Waals surface area (Å²) in [5.41, 5.74) is 1.01. The maximum Gasteiger partial charge on any atom is 0.341 e. The van der Waals surface area contributed by atoms with Crippen molar-refractivity contribution in [3.05, 3.63) is 34.0 Å². The highest BCUT2D eigenvalue weighted by Gasteiger charge is 2.15. The first kappa shape index (κ1) is 10.2. The molecule has 78 valence electrons. The van der Waals surface area contributed by atoms with Crippen LogP contribution in [0, 0.1) is 6.92 Å². The molecule has 1 aromatic carbocycles. The molecule has 0 atom stereocenters. The van der Waals surface area contributed by atoms with Crippen LogP contribution in [0.2, 0.25) is 0 Å². The number of carbonyl (C=O) groups is 1. The second-order valence-electron chi connectivity index (χ2n) is 3.19. The number of ether oxygens (including phenoxy) is 1. The van der Waals surface area contributed by atoms with Gasteiger partial charge >= 0.3 is 5.97 Å². The SMILES string of the molecule is COC(=O)c1ccc(Br)c2cc(C)oc12. The van der Waals surface area contributed by atoms with Crippen LogP contribution in [-0.4, -0.2) is 13.1 Å². The van der Waals surface area contributed by atoms with Crippen molar-refractivity contribution in [1.29, 1.82) is 0 Å². The van der Waals surface area contributed by atoms with Gasteiger partial charge in [-0.2, -0.15) is 0 Å². The molecule has 0 amide bonds. The Morgan fingerprint density at radius 3 is 2.87 bits per heavy atom. The Hall–Kier alpha value is -1.29. The summed E-state index contributed by atoms with van der Waals surface area (Å²) in [5, 5.41) is 0.885. The van der Waals surface area contributed by atoms with E-state index in [2.05, 4.69) is 20.7 Å². The van der Waals surface area contributed by atoms with Crippen LogP contribution in [0.4, 0.5) is 0 Å². The number of furan rings is 1. The lowest BCUT2D eigenvalue weighted by molar-refractivity contribution is 0.0601. The molecule has 0 spiro atoms. The fraction of sp³-hybridized carbons (Fsp3) is 0.182. The van der Waals surface area contributed by atoms with Gasteiger partial charge in [0.25, 0.3) is 0 Å². The lowest BCUT2D eigenvalue weighted by Crippen LogP contribution is -2.01. The highest BCUT2D eigenvalue weighted by Crippen LogP contribution is 2.30. The average Bonchev–Trinajstić information content (AvgIpc) is 2.60. The van der Waals surface area contributed by atoms with Crippen molar-refractivity contribution in [3.8, 4) is 0 Å². The second-order valence-corrected chi connectivity index (χ2v) is 4.04. The van der Waals surface area contributed by atoms with E-state index in [0.717, 1.165) is 15.6 Å². The standard InChI is InChI=1S/C11H9BrO3/c1-6-5-8-9(12)4-3-7(10(8)15-6)11(13)14-2/h3-5H,1-2H3. The van der Waals surface area contributed by atoms with Crippen LogP contribution >= 0.6 is 15.9 Å². The fourth-order valence-electron chi connectivity index (χ4n) is 1.48. The quantitative estimate of drug-likeness (QED) is 0.746. The number of carbonyl (C=O) groups excluding carboxylic acids is 1. The summed E-state index contributed by atoms with van der Waals surface area (Å²) in [6, 6.07) is 5.37. The first-order valence-electron chi connectivity index (χ1n) is 4.40. The van der Waals surface area contributed by atoms with E-state index in [9.17, 15) is 4.79 Å².